The second-order valence-corrected chi connectivity index (χ2v) is 7.51. The van der Waals surface area contributed by atoms with Gasteiger partial charge in [0.05, 0.1) is 24.4 Å². The largest absolute Gasteiger partial charge is 0.494 e. The highest BCUT2D eigenvalue weighted by molar-refractivity contribution is 6.62. The summed E-state index contributed by atoms with van der Waals surface area (Å²) in [7, 11) is -0.526. The summed E-state index contributed by atoms with van der Waals surface area (Å²) in [5.41, 5.74) is 0.397. The van der Waals surface area contributed by atoms with Crippen LogP contribution in [0, 0.1) is 0 Å². The second kappa shape index (κ2) is 6.18. The predicted octanol–water partition coefficient (Wildman–Crippen LogP) is 2.75. The van der Waals surface area contributed by atoms with E-state index in [1.165, 1.54) is 4.90 Å². The van der Waals surface area contributed by atoms with E-state index in [9.17, 15) is 13.2 Å². The van der Waals surface area contributed by atoms with E-state index >= 15 is 0 Å². The quantitative estimate of drug-likeness (QED) is 0.762. The fourth-order valence-corrected chi connectivity index (χ4v) is 2.99. The van der Waals surface area contributed by atoms with Crippen LogP contribution in [0.15, 0.2) is 24.3 Å². The number of anilines is 1. The smallest absolute Gasteiger partial charge is 0.399 e. The maximum absolute atomic E-state index is 13.2. The Balaban J connectivity index is 1.79. The molecule has 4 nitrogen and oxygen atoms in total. The summed E-state index contributed by atoms with van der Waals surface area (Å²) >= 11 is 0. The zero-order chi connectivity index (χ0) is 18.5. The number of rotatable bonds is 2. The maximum atomic E-state index is 13.2. The molecule has 0 aliphatic carbocycles. The van der Waals surface area contributed by atoms with E-state index in [4.69, 9.17) is 14.0 Å². The van der Waals surface area contributed by atoms with Gasteiger partial charge in [-0.05, 0) is 45.3 Å². The maximum Gasteiger partial charge on any atom is 0.494 e. The van der Waals surface area contributed by atoms with E-state index in [1.54, 1.807) is 24.3 Å². The van der Waals surface area contributed by atoms with Gasteiger partial charge < -0.3 is 18.9 Å². The van der Waals surface area contributed by atoms with Gasteiger partial charge in [-0.1, -0.05) is 12.1 Å². The molecular weight excluding hydrogens is 334 g/mol. The molecule has 1 aromatic rings. The molecule has 0 spiro atoms. The van der Waals surface area contributed by atoms with Crippen molar-refractivity contribution in [3.8, 4) is 0 Å². The Morgan fingerprint density at radius 1 is 1.04 bits per heavy atom. The first kappa shape index (κ1) is 18.5. The Hall–Kier alpha value is -1.25. The number of alkyl halides is 3. The van der Waals surface area contributed by atoms with Crippen molar-refractivity contribution in [1.29, 1.82) is 0 Å². The molecule has 1 aromatic carbocycles. The van der Waals surface area contributed by atoms with E-state index in [-0.39, 0.29) is 19.8 Å². The van der Waals surface area contributed by atoms with E-state index in [1.807, 2.05) is 27.7 Å². The first-order valence-electron chi connectivity index (χ1n) is 8.38. The molecule has 138 valence electrons. The normalized spacial score (nSPS) is 26.1. The Morgan fingerprint density at radius 2 is 1.60 bits per heavy atom. The molecule has 2 aliphatic rings. The molecule has 1 atom stereocenters. The number of halogens is 3. The number of benzene rings is 1. The van der Waals surface area contributed by atoms with Gasteiger partial charge in [0.2, 0.25) is 0 Å². The molecule has 2 saturated heterocycles. The predicted molar refractivity (Wildman–Crippen MR) is 90.2 cm³/mol. The molecular formula is C17H23BF3NO3. The zero-order valence-corrected chi connectivity index (χ0v) is 14.9. The molecule has 0 aromatic heterocycles. The lowest BCUT2D eigenvalue weighted by molar-refractivity contribution is -0.167. The fourth-order valence-electron chi connectivity index (χ4n) is 2.99. The highest BCUT2D eigenvalue weighted by Gasteiger charge is 2.51. The van der Waals surface area contributed by atoms with Crippen LogP contribution >= 0.6 is 0 Å². The van der Waals surface area contributed by atoms with Gasteiger partial charge in [-0.3, -0.25) is 0 Å². The lowest BCUT2D eigenvalue weighted by atomic mass is 9.79. The molecule has 0 bridgehead atoms. The first-order chi connectivity index (χ1) is 11.5. The van der Waals surface area contributed by atoms with Crippen molar-refractivity contribution in [2.24, 2.45) is 0 Å². The Kier molecular flexibility index (Phi) is 4.58. The molecule has 0 radical (unpaired) electrons. The van der Waals surface area contributed by atoms with Crippen molar-refractivity contribution < 1.29 is 27.2 Å². The Labute approximate surface area is 146 Å². The van der Waals surface area contributed by atoms with Crippen molar-refractivity contribution in [2.45, 2.75) is 51.1 Å². The highest BCUT2D eigenvalue weighted by Crippen LogP contribution is 2.37. The minimum atomic E-state index is -4.33. The Morgan fingerprint density at radius 3 is 2.12 bits per heavy atom. The van der Waals surface area contributed by atoms with Crippen LogP contribution in [0.2, 0.25) is 0 Å². The summed E-state index contributed by atoms with van der Waals surface area (Å²) in [5.74, 6) is 0. The third-order valence-corrected chi connectivity index (χ3v) is 5.26. The van der Waals surface area contributed by atoms with Crippen LogP contribution in [0.3, 0.4) is 0 Å². The van der Waals surface area contributed by atoms with Gasteiger partial charge in [-0.2, -0.15) is 13.2 Å². The van der Waals surface area contributed by atoms with E-state index in [0.717, 1.165) is 5.46 Å². The monoisotopic (exact) mass is 357 g/mol. The molecule has 2 aliphatic heterocycles. The van der Waals surface area contributed by atoms with Crippen molar-refractivity contribution in [2.75, 3.05) is 24.7 Å². The van der Waals surface area contributed by atoms with Gasteiger partial charge in [0, 0.05) is 12.2 Å². The molecule has 3 rings (SSSR count). The van der Waals surface area contributed by atoms with Gasteiger partial charge in [-0.15, -0.1) is 0 Å². The number of ether oxygens (including phenoxy) is 1. The summed E-state index contributed by atoms with van der Waals surface area (Å²) in [6.45, 7) is 7.99. The minimum Gasteiger partial charge on any atom is -0.399 e. The molecule has 0 N–H and O–H groups in total. The van der Waals surface area contributed by atoms with Gasteiger partial charge in [-0.25, -0.2) is 0 Å². The van der Waals surface area contributed by atoms with E-state index < -0.39 is 30.5 Å². The van der Waals surface area contributed by atoms with Crippen molar-refractivity contribution in [3.63, 3.8) is 0 Å². The summed E-state index contributed by atoms with van der Waals surface area (Å²) in [6, 6.07) is 5.28. The minimum absolute atomic E-state index is 0.208. The third-order valence-electron chi connectivity index (χ3n) is 5.26. The molecule has 0 saturated carbocycles. The van der Waals surface area contributed by atoms with Crippen molar-refractivity contribution >= 4 is 18.3 Å². The molecule has 25 heavy (non-hydrogen) atoms. The zero-order valence-electron chi connectivity index (χ0n) is 14.9. The van der Waals surface area contributed by atoms with Gasteiger partial charge in [0.25, 0.3) is 0 Å². The van der Waals surface area contributed by atoms with Crippen LogP contribution in [-0.2, 0) is 14.0 Å². The van der Waals surface area contributed by atoms with Crippen LogP contribution in [0.1, 0.15) is 27.7 Å². The van der Waals surface area contributed by atoms with E-state index in [0.29, 0.717) is 5.69 Å². The molecule has 8 heteroatoms. The average Bonchev–Trinajstić information content (AvgIpc) is 2.75. The van der Waals surface area contributed by atoms with Crippen LogP contribution < -0.4 is 10.4 Å². The molecule has 0 unspecified atom stereocenters. The summed E-state index contributed by atoms with van der Waals surface area (Å²) in [6.07, 6.45) is -4.33. The summed E-state index contributed by atoms with van der Waals surface area (Å²) in [5, 5.41) is 0. The topological polar surface area (TPSA) is 30.9 Å². The van der Waals surface area contributed by atoms with Crippen LogP contribution in [0.25, 0.3) is 0 Å². The van der Waals surface area contributed by atoms with Crippen LogP contribution in [0.5, 0.6) is 0 Å². The molecule has 2 heterocycles. The average molecular weight is 357 g/mol. The third kappa shape index (κ3) is 3.52. The molecule has 0 amide bonds. The summed E-state index contributed by atoms with van der Waals surface area (Å²) in [4.78, 5) is 1.34. The van der Waals surface area contributed by atoms with Crippen molar-refractivity contribution in [3.05, 3.63) is 24.3 Å². The van der Waals surface area contributed by atoms with Crippen LogP contribution in [-0.4, -0.2) is 50.3 Å². The number of nitrogens with zero attached hydrogens (tertiary/aromatic N) is 1. The second-order valence-electron chi connectivity index (χ2n) is 7.51. The standard InChI is InChI=1S/C17H23BF3NO3/c1-15(2)16(3,4)25-18(24-15)12-5-7-13(8-6-12)22-9-10-23-11-14(22)17(19,20)21/h5-8,14H,9-11H2,1-4H3/t14-/m1/s1. The SMILES string of the molecule is CC1(C)OB(c2ccc(N3CCOC[C@@H]3C(F)(F)F)cc2)OC1(C)C. The van der Waals surface area contributed by atoms with Gasteiger partial charge in [0.15, 0.2) is 0 Å². The first-order valence-corrected chi connectivity index (χ1v) is 8.38. The highest BCUT2D eigenvalue weighted by atomic mass is 19.4. The van der Waals surface area contributed by atoms with Crippen molar-refractivity contribution in [1.82, 2.24) is 0 Å². The van der Waals surface area contributed by atoms with Gasteiger partial charge in [0.1, 0.15) is 6.04 Å². The summed E-state index contributed by atoms with van der Waals surface area (Å²) < 4.78 is 56.6. The molecule has 2 fully saturated rings. The number of hydrogen-bond acceptors (Lipinski definition) is 4. The van der Waals surface area contributed by atoms with Crippen LogP contribution in [0.4, 0.5) is 18.9 Å². The van der Waals surface area contributed by atoms with Gasteiger partial charge >= 0.3 is 13.3 Å². The Bertz CT molecular complexity index is 603. The fraction of sp³-hybridized carbons (Fsp3) is 0.647. The lowest BCUT2D eigenvalue weighted by Crippen LogP contribution is -2.53. The van der Waals surface area contributed by atoms with E-state index in [2.05, 4.69) is 0 Å². The number of morpholine rings is 1. The lowest BCUT2D eigenvalue weighted by Gasteiger charge is -2.38. The number of hydrogen-bond donors (Lipinski definition) is 0.